The Hall–Kier alpha value is -0.293. The van der Waals surface area contributed by atoms with Gasteiger partial charge in [0.2, 0.25) is 0 Å². The van der Waals surface area contributed by atoms with Crippen molar-refractivity contribution < 1.29 is 31.6 Å². The number of methoxy groups -OCH3 is 1. The van der Waals surface area contributed by atoms with Crippen LogP contribution in [0.1, 0.15) is 27.7 Å². The fourth-order valence-corrected chi connectivity index (χ4v) is 4.31. The lowest BCUT2D eigenvalue weighted by molar-refractivity contribution is -0.291. The van der Waals surface area contributed by atoms with Crippen molar-refractivity contribution in [3.63, 3.8) is 0 Å². The summed E-state index contributed by atoms with van der Waals surface area (Å²) in [5.74, 6) is 0. The first-order valence-corrected chi connectivity index (χ1v) is 13.3. The van der Waals surface area contributed by atoms with E-state index in [1.54, 1.807) is 6.92 Å². The average Bonchev–Trinajstić information content (AvgIpc) is 2.48. The van der Waals surface area contributed by atoms with Crippen LogP contribution in [0.4, 0.5) is 0 Å². The van der Waals surface area contributed by atoms with Crippen LogP contribution in [0.3, 0.4) is 0 Å². The molecule has 0 bridgehead atoms. The van der Waals surface area contributed by atoms with Gasteiger partial charge in [-0.3, -0.25) is 4.18 Å². The van der Waals surface area contributed by atoms with Crippen LogP contribution >= 0.6 is 0 Å². The Bertz CT molecular complexity index is 599. The molecule has 0 aliphatic carbocycles. The van der Waals surface area contributed by atoms with Gasteiger partial charge in [0.15, 0.2) is 14.6 Å². The standard InChI is InChI=1S/C17H34O7SSi/c1-10-17(5)14(24-25(7,19)20)13(18)12(23-15(17)21-6)11-22-26(8,9)16(2,3)4/h10,12-15,18H,1,11H2,2-9H3/t12-,13-,14+,15+,17-/m1/s1. The van der Waals surface area contributed by atoms with E-state index in [1.807, 2.05) is 0 Å². The average molecular weight is 411 g/mol. The first-order chi connectivity index (χ1) is 11.6. The molecule has 0 aromatic rings. The van der Waals surface area contributed by atoms with E-state index in [0.29, 0.717) is 0 Å². The van der Waals surface area contributed by atoms with E-state index >= 15 is 0 Å². The zero-order valence-electron chi connectivity index (χ0n) is 17.1. The van der Waals surface area contributed by atoms with Crippen molar-refractivity contribution in [2.75, 3.05) is 20.0 Å². The monoisotopic (exact) mass is 410 g/mol. The Labute approximate surface area is 158 Å². The third-order valence-corrected chi connectivity index (χ3v) is 10.5. The topological polar surface area (TPSA) is 91.3 Å². The van der Waals surface area contributed by atoms with E-state index in [1.165, 1.54) is 13.2 Å². The highest BCUT2D eigenvalue weighted by Gasteiger charge is 2.54. The number of ether oxygens (including phenoxy) is 2. The minimum absolute atomic E-state index is 0.00837. The quantitative estimate of drug-likeness (QED) is 0.391. The molecule has 1 aliphatic heterocycles. The molecule has 154 valence electrons. The van der Waals surface area contributed by atoms with Gasteiger partial charge in [0, 0.05) is 7.11 Å². The predicted molar refractivity (Wildman–Crippen MR) is 103 cm³/mol. The van der Waals surface area contributed by atoms with Crippen molar-refractivity contribution in [1.29, 1.82) is 0 Å². The molecule has 7 nitrogen and oxygen atoms in total. The number of hydrogen-bond donors (Lipinski definition) is 1. The Kier molecular flexibility index (Phi) is 7.29. The van der Waals surface area contributed by atoms with Crippen molar-refractivity contribution in [2.45, 2.75) is 70.4 Å². The van der Waals surface area contributed by atoms with Gasteiger partial charge >= 0.3 is 0 Å². The summed E-state index contributed by atoms with van der Waals surface area (Å²) in [6.45, 7) is 16.1. The highest BCUT2D eigenvalue weighted by molar-refractivity contribution is 7.86. The third kappa shape index (κ3) is 5.15. The molecule has 0 radical (unpaired) electrons. The van der Waals surface area contributed by atoms with Gasteiger partial charge in [0.1, 0.15) is 18.3 Å². The van der Waals surface area contributed by atoms with Gasteiger partial charge in [-0.15, -0.1) is 6.58 Å². The normalized spacial score (nSPS) is 33.9. The van der Waals surface area contributed by atoms with Crippen molar-refractivity contribution in [3.05, 3.63) is 12.7 Å². The minimum atomic E-state index is -3.81. The molecule has 1 fully saturated rings. The lowest BCUT2D eigenvalue weighted by atomic mass is 9.77. The summed E-state index contributed by atoms with van der Waals surface area (Å²) in [6, 6.07) is 0. The smallest absolute Gasteiger partial charge is 0.264 e. The summed E-state index contributed by atoms with van der Waals surface area (Å²) in [5.41, 5.74) is -1.05. The number of aliphatic hydroxyl groups excluding tert-OH is 1. The molecule has 1 saturated heterocycles. The highest BCUT2D eigenvalue weighted by Crippen LogP contribution is 2.42. The summed E-state index contributed by atoms with van der Waals surface area (Å²) in [7, 11) is -4.43. The molecule has 26 heavy (non-hydrogen) atoms. The SMILES string of the molecule is C=C[C@@]1(C)[C@@H](OC)O[C@H](CO[Si](C)(C)C(C)(C)C)[C@@H](O)[C@@H]1OS(C)(=O)=O. The van der Waals surface area contributed by atoms with Crippen molar-refractivity contribution in [2.24, 2.45) is 5.41 Å². The summed E-state index contributed by atoms with van der Waals surface area (Å²) in [6.07, 6.45) is -1.49. The number of hydrogen-bond acceptors (Lipinski definition) is 7. The molecule has 9 heteroatoms. The molecule has 1 aliphatic rings. The van der Waals surface area contributed by atoms with Crippen LogP contribution in [0.5, 0.6) is 0 Å². The zero-order valence-corrected chi connectivity index (χ0v) is 18.9. The van der Waals surface area contributed by atoms with Crippen molar-refractivity contribution in [3.8, 4) is 0 Å². The van der Waals surface area contributed by atoms with Gasteiger partial charge < -0.3 is 19.0 Å². The van der Waals surface area contributed by atoms with Gasteiger partial charge in [0.05, 0.1) is 18.3 Å². The van der Waals surface area contributed by atoms with E-state index in [4.69, 9.17) is 18.1 Å². The maximum atomic E-state index is 11.7. The number of aliphatic hydroxyl groups is 1. The van der Waals surface area contributed by atoms with Crippen LogP contribution in [0.15, 0.2) is 12.7 Å². The fraction of sp³-hybridized carbons (Fsp3) is 0.882. The lowest BCUT2D eigenvalue weighted by Gasteiger charge is -2.49. The van der Waals surface area contributed by atoms with Crippen LogP contribution in [0.2, 0.25) is 18.1 Å². The molecule has 0 aromatic heterocycles. The summed E-state index contributed by atoms with van der Waals surface area (Å²) in [4.78, 5) is 0. The fourth-order valence-electron chi connectivity index (χ4n) is 2.60. The number of rotatable bonds is 7. The van der Waals surface area contributed by atoms with E-state index in [2.05, 4.69) is 40.4 Å². The van der Waals surface area contributed by atoms with Crippen LogP contribution in [-0.2, 0) is 28.2 Å². The molecule has 0 aromatic carbocycles. The molecule has 1 rings (SSSR count). The Balaban J connectivity index is 3.11. The Morgan fingerprint density at radius 3 is 2.27 bits per heavy atom. The van der Waals surface area contributed by atoms with Gasteiger partial charge in [-0.1, -0.05) is 26.8 Å². The van der Waals surface area contributed by atoms with Crippen molar-refractivity contribution in [1.82, 2.24) is 0 Å². The molecule has 1 N–H and O–H groups in total. The van der Waals surface area contributed by atoms with E-state index in [-0.39, 0.29) is 11.6 Å². The molecule has 0 unspecified atom stereocenters. The van der Waals surface area contributed by atoms with Crippen molar-refractivity contribution >= 4 is 18.4 Å². The molecule has 0 spiro atoms. The second-order valence-corrected chi connectivity index (χ2v) is 15.0. The molecular weight excluding hydrogens is 376 g/mol. The zero-order chi connectivity index (χ0) is 20.6. The molecule has 0 amide bonds. The molecule has 0 saturated carbocycles. The van der Waals surface area contributed by atoms with Crippen LogP contribution in [0, 0.1) is 5.41 Å². The Morgan fingerprint density at radius 2 is 1.88 bits per heavy atom. The Morgan fingerprint density at radius 1 is 1.35 bits per heavy atom. The van der Waals surface area contributed by atoms with Gasteiger partial charge in [-0.25, -0.2) is 0 Å². The van der Waals surface area contributed by atoms with E-state index in [9.17, 15) is 13.5 Å². The summed E-state index contributed by atoms with van der Waals surface area (Å²) in [5, 5.41) is 10.8. The van der Waals surface area contributed by atoms with Gasteiger partial charge in [-0.05, 0) is 25.1 Å². The second kappa shape index (κ2) is 7.98. The maximum Gasteiger partial charge on any atom is 0.264 e. The van der Waals surface area contributed by atoms with Crippen LogP contribution in [-0.4, -0.2) is 66.4 Å². The summed E-state index contributed by atoms with van der Waals surface area (Å²) < 4.78 is 46.1. The van der Waals surface area contributed by atoms with Gasteiger partial charge in [0.25, 0.3) is 10.1 Å². The second-order valence-electron chi connectivity index (χ2n) is 8.60. The largest absolute Gasteiger partial charge is 0.414 e. The van der Waals surface area contributed by atoms with Crippen LogP contribution in [0.25, 0.3) is 0 Å². The third-order valence-electron chi connectivity index (χ3n) is 5.46. The highest BCUT2D eigenvalue weighted by atomic mass is 32.2. The first kappa shape index (κ1) is 23.7. The van der Waals surface area contributed by atoms with Gasteiger partial charge in [-0.2, -0.15) is 8.42 Å². The molecule has 1 heterocycles. The minimum Gasteiger partial charge on any atom is -0.414 e. The maximum absolute atomic E-state index is 11.7. The molecule has 5 atom stereocenters. The molecular formula is C17H34O7SSi. The predicted octanol–water partition coefficient (Wildman–Crippen LogP) is 2.28. The first-order valence-electron chi connectivity index (χ1n) is 8.61. The lowest BCUT2D eigenvalue weighted by Crippen LogP contribution is -2.62. The van der Waals surface area contributed by atoms with E-state index < -0.39 is 48.5 Å². The van der Waals surface area contributed by atoms with E-state index in [0.717, 1.165) is 6.26 Å². The summed E-state index contributed by atoms with van der Waals surface area (Å²) >= 11 is 0. The van der Waals surface area contributed by atoms with Crippen LogP contribution < -0.4 is 0 Å².